The first kappa shape index (κ1) is 16.8. The molecule has 4 nitrogen and oxygen atoms in total. The normalized spacial score (nSPS) is 11.6. The van der Waals surface area contributed by atoms with E-state index in [0.29, 0.717) is 19.1 Å². The summed E-state index contributed by atoms with van der Waals surface area (Å²) in [5.41, 5.74) is 0. The topological polar surface area (TPSA) is 39.7 Å². The average molecular weight is 247 g/mol. The fraction of sp³-hybridized carbons (Fsp3) is 1.00. The van der Waals surface area contributed by atoms with E-state index in [4.69, 9.17) is 14.2 Å². The summed E-state index contributed by atoms with van der Waals surface area (Å²) in [5.74, 6) is 0.607. The molecule has 0 saturated heterocycles. The second kappa shape index (κ2) is 12.3. The van der Waals surface area contributed by atoms with Crippen molar-refractivity contribution in [1.29, 1.82) is 0 Å². The smallest absolute Gasteiger partial charge is 0.158 e. The summed E-state index contributed by atoms with van der Waals surface area (Å²) in [6.45, 7) is 13.1. The van der Waals surface area contributed by atoms with Crippen molar-refractivity contribution in [2.45, 2.75) is 40.4 Å². The fourth-order valence-electron chi connectivity index (χ4n) is 1.39. The van der Waals surface area contributed by atoms with E-state index in [9.17, 15) is 0 Å². The van der Waals surface area contributed by atoms with E-state index in [1.807, 2.05) is 13.8 Å². The standard InChI is InChI=1S/C13H29NO3/c1-5-16-13(17-6-2)7-8-14-9-10-15-11-12(3)4/h12-14H,5-11H2,1-4H3. The van der Waals surface area contributed by atoms with Crippen molar-refractivity contribution in [3.05, 3.63) is 0 Å². The minimum Gasteiger partial charge on any atom is -0.380 e. The average Bonchev–Trinajstić information content (AvgIpc) is 2.28. The summed E-state index contributed by atoms with van der Waals surface area (Å²) >= 11 is 0. The zero-order chi connectivity index (χ0) is 12.9. The molecule has 0 fully saturated rings. The number of nitrogens with one attached hydrogen (secondary N) is 1. The molecule has 0 unspecified atom stereocenters. The van der Waals surface area contributed by atoms with Gasteiger partial charge in [-0.05, 0) is 19.8 Å². The van der Waals surface area contributed by atoms with Gasteiger partial charge in [-0.15, -0.1) is 0 Å². The lowest BCUT2D eigenvalue weighted by molar-refractivity contribution is -0.138. The summed E-state index contributed by atoms with van der Waals surface area (Å²) in [4.78, 5) is 0. The molecule has 0 aromatic heterocycles. The van der Waals surface area contributed by atoms with E-state index in [0.717, 1.165) is 32.7 Å². The van der Waals surface area contributed by atoms with E-state index in [1.165, 1.54) is 0 Å². The van der Waals surface area contributed by atoms with Gasteiger partial charge in [-0.1, -0.05) is 13.8 Å². The molecule has 0 aliphatic rings. The van der Waals surface area contributed by atoms with Crippen LogP contribution in [0.5, 0.6) is 0 Å². The van der Waals surface area contributed by atoms with Crippen LogP contribution in [0.15, 0.2) is 0 Å². The van der Waals surface area contributed by atoms with E-state index >= 15 is 0 Å². The number of ether oxygens (including phenoxy) is 3. The number of rotatable bonds is 12. The van der Waals surface area contributed by atoms with E-state index < -0.39 is 0 Å². The third-order valence-electron chi connectivity index (χ3n) is 2.14. The summed E-state index contributed by atoms with van der Waals surface area (Å²) < 4.78 is 16.4. The first-order valence-electron chi connectivity index (χ1n) is 6.72. The van der Waals surface area contributed by atoms with E-state index in [1.54, 1.807) is 0 Å². The molecule has 0 atom stereocenters. The number of hydrogen-bond donors (Lipinski definition) is 1. The molecular weight excluding hydrogens is 218 g/mol. The molecular formula is C13H29NO3. The van der Waals surface area contributed by atoms with Crippen LogP contribution in [0, 0.1) is 5.92 Å². The second-order valence-corrected chi connectivity index (χ2v) is 4.35. The Bertz CT molecular complexity index is 148. The van der Waals surface area contributed by atoms with Crippen LogP contribution in [0.3, 0.4) is 0 Å². The van der Waals surface area contributed by atoms with Crippen molar-refractivity contribution in [2.75, 3.05) is 39.5 Å². The summed E-state index contributed by atoms with van der Waals surface area (Å²) in [5, 5.41) is 3.32. The van der Waals surface area contributed by atoms with Crippen molar-refractivity contribution in [2.24, 2.45) is 5.92 Å². The first-order chi connectivity index (χ1) is 8.20. The Morgan fingerprint density at radius 2 is 1.65 bits per heavy atom. The fourth-order valence-corrected chi connectivity index (χ4v) is 1.39. The highest BCUT2D eigenvalue weighted by atomic mass is 16.7. The minimum absolute atomic E-state index is 0.0749. The molecule has 4 heteroatoms. The molecule has 0 radical (unpaired) electrons. The lowest BCUT2D eigenvalue weighted by Gasteiger charge is -2.17. The van der Waals surface area contributed by atoms with Crippen molar-refractivity contribution in [3.63, 3.8) is 0 Å². The van der Waals surface area contributed by atoms with Crippen LogP contribution >= 0.6 is 0 Å². The van der Waals surface area contributed by atoms with Gasteiger partial charge < -0.3 is 19.5 Å². The molecule has 0 aliphatic heterocycles. The summed E-state index contributed by atoms with van der Waals surface area (Å²) in [7, 11) is 0. The van der Waals surface area contributed by atoms with Gasteiger partial charge in [0.2, 0.25) is 0 Å². The summed E-state index contributed by atoms with van der Waals surface area (Å²) in [6.07, 6.45) is 0.806. The molecule has 0 saturated carbocycles. The van der Waals surface area contributed by atoms with Crippen LogP contribution in [0.25, 0.3) is 0 Å². The van der Waals surface area contributed by atoms with Crippen molar-refractivity contribution < 1.29 is 14.2 Å². The van der Waals surface area contributed by atoms with Crippen LogP contribution < -0.4 is 5.32 Å². The first-order valence-corrected chi connectivity index (χ1v) is 6.72. The van der Waals surface area contributed by atoms with Gasteiger partial charge in [-0.2, -0.15) is 0 Å². The van der Waals surface area contributed by atoms with E-state index in [-0.39, 0.29) is 6.29 Å². The second-order valence-electron chi connectivity index (χ2n) is 4.35. The van der Waals surface area contributed by atoms with Crippen LogP contribution in [-0.2, 0) is 14.2 Å². The van der Waals surface area contributed by atoms with Crippen molar-refractivity contribution >= 4 is 0 Å². The maximum absolute atomic E-state index is 5.47. The lowest BCUT2D eigenvalue weighted by Crippen LogP contribution is -2.27. The molecule has 17 heavy (non-hydrogen) atoms. The van der Waals surface area contributed by atoms with Crippen LogP contribution in [0.4, 0.5) is 0 Å². The van der Waals surface area contributed by atoms with E-state index in [2.05, 4.69) is 19.2 Å². The zero-order valence-electron chi connectivity index (χ0n) is 11.8. The lowest BCUT2D eigenvalue weighted by atomic mass is 10.2. The van der Waals surface area contributed by atoms with Crippen LogP contribution in [0.1, 0.15) is 34.1 Å². The van der Waals surface area contributed by atoms with Gasteiger partial charge in [0.15, 0.2) is 6.29 Å². The highest BCUT2D eigenvalue weighted by Gasteiger charge is 2.06. The largest absolute Gasteiger partial charge is 0.380 e. The number of hydrogen-bond acceptors (Lipinski definition) is 4. The van der Waals surface area contributed by atoms with Gasteiger partial charge in [-0.25, -0.2) is 0 Å². The third-order valence-corrected chi connectivity index (χ3v) is 2.14. The summed E-state index contributed by atoms with van der Waals surface area (Å²) in [6, 6.07) is 0. The molecule has 0 bridgehead atoms. The van der Waals surface area contributed by atoms with Gasteiger partial charge in [0, 0.05) is 39.3 Å². The Morgan fingerprint density at radius 3 is 2.18 bits per heavy atom. The highest BCUT2D eigenvalue weighted by molar-refractivity contribution is 4.51. The molecule has 1 N–H and O–H groups in total. The molecule has 0 aromatic carbocycles. The Kier molecular flexibility index (Phi) is 12.2. The molecule has 104 valence electrons. The molecule has 0 amide bonds. The van der Waals surface area contributed by atoms with Crippen molar-refractivity contribution in [3.8, 4) is 0 Å². The maximum Gasteiger partial charge on any atom is 0.158 e. The Hall–Kier alpha value is -0.160. The molecule has 0 aromatic rings. The van der Waals surface area contributed by atoms with Gasteiger partial charge >= 0.3 is 0 Å². The van der Waals surface area contributed by atoms with Gasteiger partial charge in [-0.3, -0.25) is 0 Å². The zero-order valence-corrected chi connectivity index (χ0v) is 11.8. The monoisotopic (exact) mass is 247 g/mol. The molecule has 0 rings (SSSR count). The Balaban J connectivity index is 3.29. The van der Waals surface area contributed by atoms with Crippen molar-refractivity contribution in [1.82, 2.24) is 5.32 Å². The Labute approximate surface area is 106 Å². The molecule has 0 heterocycles. The predicted octanol–water partition coefficient (Wildman–Crippen LogP) is 2.04. The van der Waals surface area contributed by atoms with Crippen LogP contribution in [0.2, 0.25) is 0 Å². The van der Waals surface area contributed by atoms with Gasteiger partial charge in [0.05, 0.1) is 6.61 Å². The van der Waals surface area contributed by atoms with Gasteiger partial charge in [0.25, 0.3) is 0 Å². The minimum atomic E-state index is -0.0749. The quantitative estimate of drug-likeness (QED) is 0.423. The van der Waals surface area contributed by atoms with Crippen LogP contribution in [-0.4, -0.2) is 45.8 Å². The maximum atomic E-state index is 5.47. The highest BCUT2D eigenvalue weighted by Crippen LogP contribution is 1.99. The molecule has 0 spiro atoms. The SMILES string of the molecule is CCOC(CCNCCOCC(C)C)OCC. The molecule has 0 aliphatic carbocycles. The Morgan fingerprint density at radius 1 is 1.00 bits per heavy atom. The predicted molar refractivity (Wildman–Crippen MR) is 70.2 cm³/mol. The third kappa shape index (κ3) is 12.1. The van der Waals surface area contributed by atoms with Gasteiger partial charge in [0.1, 0.15) is 0 Å².